The summed E-state index contributed by atoms with van der Waals surface area (Å²) in [5, 5.41) is 5.73. The number of hydrogen-bond donors (Lipinski definition) is 3. The first-order chi connectivity index (χ1) is 15.7. The van der Waals surface area contributed by atoms with Crippen molar-refractivity contribution in [2.75, 3.05) is 5.32 Å². The van der Waals surface area contributed by atoms with Gasteiger partial charge in [0.25, 0.3) is 0 Å². The van der Waals surface area contributed by atoms with Crippen LogP contribution < -0.4 is 15.4 Å². The summed E-state index contributed by atoms with van der Waals surface area (Å²) in [6.45, 7) is 1.86. The third-order valence-corrected chi connectivity index (χ3v) is 7.95. The Morgan fingerprint density at radius 2 is 1.76 bits per heavy atom. The average Bonchev–Trinajstić information content (AvgIpc) is 2.79. The molecule has 0 unspecified atom stereocenters. The van der Waals surface area contributed by atoms with Crippen LogP contribution in [0.4, 0.5) is 10.1 Å². The van der Waals surface area contributed by atoms with E-state index in [4.69, 9.17) is 0 Å². The highest BCUT2D eigenvalue weighted by Crippen LogP contribution is 2.29. The lowest BCUT2D eigenvalue weighted by Gasteiger charge is -2.29. The Morgan fingerprint density at radius 1 is 1.06 bits per heavy atom. The zero-order valence-electron chi connectivity index (χ0n) is 18.4. The van der Waals surface area contributed by atoms with Gasteiger partial charge in [0, 0.05) is 24.1 Å². The highest BCUT2D eigenvalue weighted by molar-refractivity contribution is 7.89. The van der Waals surface area contributed by atoms with Gasteiger partial charge >= 0.3 is 0 Å². The Hall–Kier alpha value is -2.78. The standard InChI is InChI=1S/C24H28FN3O4S/c1-15(16-2-7-19(25)8-3-16)26-24(30)17-4-9-20(10-5-17)28-33(31,32)21-11-12-22-18(14-21)6-13-23(29)27-22/h2-3,7-8,11-12,14-15,17,20,28H,4-6,9-10,13H2,1H3,(H,26,30)(H,27,29)/t15-,17-,20-/m1/s1. The number of anilines is 1. The number of aryl methyl sites for hydroxylation is 1. The Balaban J connectivity index is 1.31. The molecule has 0 radical (unpaired) electrons. The number of amides is 2. The summed E-state index contributed by atoms with van der Waals surface area (Å²) in [7, 11) is -3.70. The summed E-state index contributed by atoms with van der Waals surface area (Å²) in [4.78, 5) is 24.4. The molecule has 176 valence electrons. The number of nitrogens with one attached hydrogen (secondary N) is 3. The molecule has 4 rings (SSSR count). The fourth-order valence-electron chi connectivity index (χ4n) is 4.45. The summed E-state index contributed by atoms with van der Waals surface area (Å²) in [5.41, 5.74) is 2.30. The minimum atomic E-state index is -3.70. The number of sulfonamides is 1. The van der Waals surface area contributed by atoms with Gasteiger partial charge in [0.1, 0.15) is 5.82 Å². The molecule has 9 heteroatoms. The Kier molecular flexibility index (Phi) is 6.81. The molecule has 1 heterocycles. The monoisotopic (exact) mass is 473 g/mol. The number of fused-ring (bicyclic) bond motifs is 1. The van der Waals surface area contributed by atoms with Crippen molar-refractivity contribution in [2.24, 2.45) is 5.92 Å². The maximum absolute atomic E-state index is 13.1. The second kappa shape index (κ2) is 9.61. The maximum Gasteiger partial charge on any atom is 0.240 e. The molecule has 1 aliphatic carbocycles. The van der Waals surface area contributed by atoms with E-state index in [2.05, 4.69) is 15.4 Å². The Labute approximate surface area is 193 Å². The number of carbonyl (C=O) groups excluding carboxylic acids is 2. The smallest absolute Gasteiger partial charge is 0.240 e. The molecule has 1 atom stereocenters. The molecule has 3 N–H and O–H groups in total. The van der Waals surface area contributed by atoms with E-state index in [1.165, 1.54) is 18.2 Å². The van der Waals surface area contributed by atoms with Crippen LogP contribution in [0.3, 0.4) is 0 Å². The van der Waals surface area contributed by atoms with E-state index >= 15 is 0 Å². The summed E-state index contributed by atoms with van der Waals surface area (Å²) < 4.78 is 41.7. The molecule has 0 saturated heterocycles. The Bertz CT molecular complexity index is 1140. The highest BCUT2D eigenvalue weighted by atomic mass is 32.2. The van der Waals surface area contributed by atoms with Crippen LogP contribution in [0.5, 0.6) is 0 Å². The number of benzene rings is 2. The quantitative estimate of drug-likeness (QED) is 0.598. The molecule has 2 aliphatic rings. The number of carbonyl (C=O) groups is 2. The van der Waals surface area contributed by atoms with Gasteiger partial charge in [0.15, 0.2) is 0 Å². The van der Waals surface area contributed by atoms with Gasteiger partial charge in [-0.15, -0.1) is 0 Å². The molecule has 0 bridgehead atoms. The molecule has 0 spiro atoms. The fraction of sp³-hybridized carbons (Fsp3) is 0.417. The van der Waals surface area contributed by atoms with Crippen molar-refractivity contribution < 1.29 is 22.4 Å². The predicted molar refractivity (Wildman–Crippen MR) is 122 cm³/mol. The number of hydrogen-bond acceptors (Lipinski definition) is 4. The summed E-state index contributed by atoms with van der Waals surface area (Å²) in [6, 6.07) is 10.3. The fourth-order valence-corrected chi connectivity index (χ4v) is 5.81. The lowest BCUT2D eigenvalue weighted by molar-refractivity contribution is -0.126. The first kappa shape index (κ1) is 23.4. The van der Waals surface area contributed by atoms with Crippen LogP contribution in [0.15, 0.2) is 47.4 Å². The molecule has 33 heavy (non-hydrogen) atoms. The molecule has 7 nitrogen and oxygen atoms in total. The normalized spacial score (nSPS) is 21.6. The second-order valence-corrected chi connectivity index (χ2v) is 10.5. The summed E-state index contributed by atoms with van der Waals surface area (Å²) in [6.07, 6.45) is 3.18. The molecule has 2 aromatic carbocycles. The van der Waals surface area contributed by atoms with Gasteiger partial charge in [0.05, 0.1) is 10.9 Å². The molecule has 2 amide bonds. The topological polar surface area (TPSA) is 104 Å². The van der Waals surface area contributed by atoms with Crippen molar-refractivity contribution in [3.05, 3.63) is 59.4 Å². The lowest BCUT2D eigenvalue weighted by Crippen LogP contribution is -2.41. The van der Waals surface area contributed by atoms with Gasteiger partial charge in [-0.25, -0.2) is 17.5 Å². The molecular weight excluding hydrogens is 445 g/mol. The van der Waals surface area contributed by atoms with Gasteiger partial charge in [-0.1, -0.05) is 12.1 Å². The van der Waals surface area contributed by atoms with Crippen LogP contribution in [-0.4, -0.2) is 26.3 Å². The highest BCUT2D eigenvalue weighted by Gasteiger charge is 2.30. The van der Waals surface area contributed by atoms with Crippen molar-refractivity contribution in [2.45, 2.75) is 62.4 Å². The van der Waals surface area contributed by atoms with Crippen LogP contribution in [0.2, 0.25) is 0 Å². The van der Waals surface area contributed by atoms with Crippen molar-refractivity contribution in [1.82, 2.24) is 10.0 Å². The third-order valence-electron chi connectivity index (χ3n) is 6.43. The van der Waals surface area contributed by atoms with Gasteiger partial charge in [-0.05, 0) is 80.5 Å². The van der Waals surface area contributed by atoms with E-state index in [1.807, 2.05) is 6.92 Å². The average molecular weight is 474 g/mol. The number of rotatable bonds is 6. The van der Waals surface area contributed by atoms with Crippen LogP contribution in [0.25, 0.3) is 0 Å². The van der Waals surface area contributed by atoms with Crippen molar-refractivity contribution in [3.63, 3.8) is 0 Å². The SMILES string of the molecule is C[C@@H](NC(=O)[C@H]1CC[C@H](NS(=O)(=O)c2ccc3c(c2)CCC(=O)N3)CC1)c1ccc(F)cc1. The molecule has 2 aromatic rings. The van der Waals surface area contributed by atoms with Gasteiger partial charge in [0.2, 0.25) is 21.8 Å². The minimum absolute atomic E-state index is 0.0649. The summed E-state index contributed by atoms with van der Waals surface area (Å²) in [5.74, 6) is -0.629. The van der Waals surface area contributed by atoms with Gasteiger partial charge in [-0.3, -0.25) is 9.59 Å². The van der Waals surface area contributed by atoms with E-state index in [1.54, 1.807) is 24.3 Å². The number of halogens is 1. The molecular formula is C24H28FN3O4S. The van der Waals surface area contributed by atoms with Crippen LogP contribution in [-0.2, 0) is 26.0 Å². The predicted octanol–water partition coefficient (Wildman–Crippen LogP) is 3.42. The van der Waals surface area contributed by atoms with Gasteiger partial charge in [-0.2, -0.15) is 0 Å². The maximum atomic E-state index is 13.1. The van der Waals surface area contributed by atoms with Crippen molar-refractivity contribution in [1.29, 1.82) is 0 Å². The van der Waals surface area contributed by atoms with E-state index in [-0.39, 0.29) is 40.5 Å². The molecule has 0 aromatic heterocycles. The summed E-state index contributed by atoms with van der Waals surface area (Å²) >= 11 is 0. The lowest BCUT2D eigenvalue weighted by atomic mass is 9.85. The van der Waals surface area contributed by atoms with Gasteiger partial charge < -0.3 is 10.6 Å². The minimum Gasteiger partial charge on any atom is -0.349 e. The van der Waals surface area contributed by atoms with Crippen LogP contribution in [0.1, 0.15) is 56.2 Å². The van der Waals surface area contributed by atoms with E-state index < -0.39 is 10.0 Å². The van der Waals surface area contributed by atoms with E-state index in [0.29, 0.717) is 44.2 Å². The molecule has 1 saturated carbocycles. The van der Waals surface area contributed by atoms with Crippen molar-refractivity contribution in [3.8, 4) is 0 Å². The Morgan fingerprint density at radius 3 is 2.45 bits per heavy atom. The van der Waals surface area contributed by atoms with Crippen LogP contribution in [0, 0.1) is 11.7 Å². The second-order valence-electron chi connectivity index (χ2n) is 8.82. The first-order valence-electron chi connectivity index (χ1n) is 11.2. The molecule has 1 aliphatic heterocycles. The first-order valence-corrected chi connectivity index (χ1v) is 12.7. The van der Waals surface area contributed by atoms with E-state index in [0.717, 1.165) is 11.1 Å². The van der Waals surface area contributed by atoms with Crippen LogP contribution >= 0.6 is 0 Å². The molecule has 1 fully saturated rings. The largest absolute Gasteiger partial charge is 0.349 e. The van der Waals surface area contributed by atoms with E-state index in [9.17, 15) is 22.4 Å². The third kappa shape index (κ3) is 5.59. The zero-order valence-corrected chi connectivity index (χ0v) is 19.3. The van der Waals surface area contributed by atoms with Crippen molar-refractivity contribution >= 4 is 27.5 Å². The zero-order chi connectivity index (χ0) is 23.6.